The van der Waals surface area contributed by atoms with Crippen molar-refractivity contribution in [3.63, 3.8) is 0 Å². The van der Waals surface area contributed by atoms with E-state index in [1.165, 1.54) is 23.5 Å². The Morgan fingerprint density at radius 3 is 3.00 bits per heavy atom. The van der Waals surface area contributed by atoms with Gasteiger partial charge in [0, 0.05) is 11.6 Å². The van der Waals surface area contributed by atoms with Crippen molar-refractivity contribution in [2.45, 2.75) is 6.54 Å². The van der Waals surface area contributed by atoms with Gasteiger partial charge in [-0.05, 0) is 12.1 Å². The molecular weight excluding hydrogens is 262 g/mol. The van der Waals surface area contributed by atoms with Crippen molar-refractivity contribution in [2.75, 3.05) is 5.32 Å². The lowest BCUT2D eigenvalue weighted by atomic mass is 10.2. The Hall–Kier alpha value is -1.66. The Morgan fingerprint density at radius 1 is 1.53 bits per heavy atom. The Balaban J connectivity index is 2.19. The molecule has 2 aromatic rings. The SMILES string of the molecule is O=C(O)c1ccc(Cl)nc1NCc1nccs1. The van der Waals surface area contributed by atoms with Gasteiger partial charge in [0.2, 0.25) is 0 Å². The molecule has 7 heteroatoms. The Morgan fingerprint density at radius 2 is 2.35 bits per heavy atom. The lowest BCUT2D eigenvalue weighted by Crippen LogP contribution is -2.08. The number of rotatable bonds is 4. The summed E-state index contributed by atoms with van der Waals surface area (Å²) in [6.45, 7) is 0.422. The number of aromatic carboxylic acids is 1. The minimum Gasteiger partial charge on any atom is -0.478 e. The summed E-state index contributed by atoms with van der Waals surface area (Å²) in [4.78, 5) is 19.0. The van der Waals surface area contributed by atoms with Crippen LogP contribution in [0.1, 0.15) is 15.4 Å². The lowest BCUT2D eigenvalue weighted by molar-refractivity contribution is 0.0697. The van der Waals surface area contributed by atoms with Crippen LogP contribution < -0.4 is 5.32 Å². The van der Waals surface area contributed by atoms with Crippen LogP contribution in [0, 0.1) is 0 Å². The van der Waals surface area contributed by atoms with Crippen LogP contribution in [-0.4, -0.2) is 21.0 Å². The number of halogens is 1. The van der Waals surface area contributed by atoms with Gasteiger partial charge in [0.25, 0.3) is 0 Å². The molecule has 0 saturated heterocycles. The third-order valence-corrected chi connectivity index (χ3v) is 2.97. The maximum Gasteiger partial charge on any atom is 0.339 e. The van der Waals surface area contributed by atoms with Crippen molar-refractivity contribution in [3.05, 3.63) is 39.4 Å². The van der Waals surface area contributed by atoms with Crippen LogP contribution >= 0.6 is 22.9 Å². The standard InChI is InChI=1S/C10H8ClN3O2S/c11-7-2-1-6(10(15)16)9(14-7)13-5-8-12-3-4-17-8/h1-4H,5H2,(H,13,14)(H,15,16). The molecule has 0 aliphatic rings. The molecule has 0 aliphatic heterocycles. The van der Waals surface area contributed by atoms with Crippen molar-refractivity contribution >= 4 is 34.7 Å². The smallest absolute Gasteiger partial charge is 0.339 e. The molecule has 2 aromatic heterocycles. The molecule has 0 radical (unpaired) electrons. The molecular formula is C10H8ClN3O2S. The van der Waals surface area contributed by atoms with E-state index in [9.17, 15) is 4.79 Å². The van der Waals surface area contributed by atoms with E-state index in [1.807, 2.05) is 5.38 Å². The van der Waals surface area contributed by atoms with Gasteiger partial charge in [0.15, 0.2) is 0 Å². The summed E-state index contributed by atoms with van der Waals surface area (Å²) in [5.74, 6) is -0.795. The molecule has 0 unspecified atom stereocenters. The van der Waals surface area contributed by atoms with Gasteiger partial charge in [0.05, 0.1) is 6.54 Å². The van der Waals surface area contributed by atoms with E-state index in [0.29, 0.717) is 6.54 Å². The summed E-state index contributed by atoms with van der Waals surface area (Å²) in [7, 11) is 0. The number of nitrogens with zero attached hydrogens (tertiary/aromatic N) is 2. The van der Waals surface area contributed by atoms with Gasteiger partial charge < -0.3 is 10.4 Å². The first kappa shape index (κ1) is 11.8. The zero-order valence-electron chi connectivity index (χ0n) is 8.55. The molecule has 0 saturated carbocycles. The number of thiazole rings is 1. The summed E-state index contributed by atoms with van der Waals surface area (Å²) < 4.78 is 0. The van der Waals surface area contributed by atoms with E-state index in [2.05, 4.69) is 15.3 Å². The first-order valence-corrected chi connectivity index (χ1v) is 5.94. The Bertz CT molecular complexity index is 530. The summed E-state index contributed by atoms with van der Waals surface area (Å²) in [5.41, 5.74) is 0.0888. The third-order valence-electron chi connectivity index (χ3n) is 1.98. The molecule has 0 atom stereocenters. The van der Waals surface area contributed by atoms with Gasteiger partial charge >= 0.3 is 5.97 Å². The Labute approximate surface area is 106 Å². The number of hydrogen-bond donors (Lipinski definition) is 2. The van der Waals surface area contributed by atoms with Crippen molar-refractivity contribution in [2.24, 2.45) is 0 Å². The second-order valence-electron chi connectivity index (χ2n) is 3.11. The fraction of sp³-hybridized carbons (Fsp3) is 0.100. The summed E-state index contributed by atoms with van der Waals surface area (Å²) in [6, 6.07) is 2.86. The van der Waals surface area contributed by atoms with Crippen LogP contribution in [0.3, 0.4) is 0 Å². The van der Waals surface area contributed by atoms with Gasteiger partial charge in [-0.25, -0.2) is 14.8 Å². The molecule has 5 nitrogen and oxygen atoms in total. The average molecular weight is 270 g/mol. The number of hydrogen-bond acceptors (Lipinski definition) is 5. The number of carboxylic acid groups (broad SMARTS) is 1. The van der Waals surface area contributed by atoms with Gasteiger partial charge in [-0.2, -0.15) is 0 Å². The summed E-state index contributed by atoms with van der Waals surface area (Å²) in [5, 5.41) is 14.8. The van der Waals surface area contributed by atoms with E-state index in [0.717, 1.165) is 5.01 Å². The maximum atomic E-state index is 11.0. The highest BCUT2D eigenvalue weighted by molar-refractivity contribution is 7.09. The quantitative estimate of drug-likeness (QED) is 0.834. The van der Waals surface area contributed by atoms with E-state index in [1.54, 1.807) is 6.20 Å². The molecule has 17 heavy (non-hydrogen) atoms. The maximum absolute atomic E-state index is 11.0. The van der Waals surface area contributed by atoms with Crippen LogP contribution in [0.2, 0.25) is 5.15 Å². The molecule has 0 bridgehead atoms. The number of carboxylic acids is 1. The molecule has 0 amide bonds. The third kappa shape index (κ3) is 2.92. The minimum absolute atomic E-state index is 0.0888. The molecule has 0 aliphatic carbocycles. The van der Waals surface area contributed by atoms with E-state index >= 15 is 0 Å². The van der Waals surface area contributed by atoms with Gasteiger partial charge in [-0.3, -0.25) is 0 Å². The van der Waals surface area contributed by atoms with Crippen LogP contribution in [0.5, 0.6) is 0 Å². The molecule has 2 N–H and O–H groups in total. The topological polar surface area (TPSA) is 75.1 Å². The number of anilines is 1. The van der Waals surface area contributed by atoms with Crippen molar-refractivity contribution in [1.82, 2.24) is 9.97 Å². The highest BCUT2D eigenvalue weighted by Crippen LogP contribution is 2.17. The monoisotopic (exact) mass is 269 g/mol. The molecule has 0 aromatic carbocycles. The lowest BCUT2D eigenvalue weighted by Gasteiger charge is -2.07. The first-order chi connectivity index (χ1) is 8.16. The van der Waals surface area contributed by atoms with E-state index in [4.69, 9.17) is 16.7 Å². The largest absolute Gasteiger partial charge is 0.478 e. The highest BCUT2D eigenvalue weighted by Gasteiger charge is 2.12. The molecule has 2 rings (SSSR count). The van der Waals surface area contributed by atoms with Crippen LogP contribution in [0.4, 0.5) is 5.82 Å². The fourth-order valence-corrected chi connectivity index (χ4v) is 1.95. The second kappa shape index (κ2) is 5.11. The summed E-state index contributed by atoms with van der Waals surface area (Å²) in [6.07, 6.45) is 1.69. The molecule has 0 spiro atoms. The van der Waals surface area contributed by atoms with Crippen LogP contribution in [0.25, 0.3) is 0 Å². The van der Waals surface area contributed by atoms with Gasteiger partial charge in [0.1, 0.15) is 21.5 Å². The number of pyridine rings is 1. The van der Waals surface area contributed by atoms with Gasteiger partial charge in [-0.15, -0.1) is 11.3 Å². The predicted octanol–water partition coefficient (Wildman–Crippen LogP) is 2.50. The zero-order chi connectivity index (χ0) is 12.3. The Kier molecular flexibility index (Phi) is 3.55. The molecule has 0 fully saturated rings. The number of nitrogens with one attached hydrogen (secondary N) is 1. The average Bonchev–Trinajstić information content (AvgIpc) is 2.78. The summed E-state index contributed by atoms with van der Waals surface area (Å²) >= 11 is 7.20. The molecule has 2 heterocycles. The number of carbonyl (C=O) groups is 1. The zero-order valence-corrected chi connectivity index (χ0v) is 10.1. The van der Waals surface area contributed by atoms with Crippen molar-refractivity contribution in [1.29, 1.82) is 0 Å². The van der Waals surface area contributed by atoms with E-state index < -0.39 is 5.97 Å². The number of aromatic nitrogens is 2. The van der Waals surface area contributed by atoms with Crippen LogP contribution in [-0.2, 0) is 6.54 Å². The predicted molar refractivity (Wildman–Crippen MR) is 65.6 cm³/mol. The first-order valence-electron chi connectivity index (χ1n) is 4.69. The normalized spacial score (nSPS) is 10.2. The second-order valence-corrected chi connectivity index (χ2v) is 4.48. The van der Waals surface area contributed by atoms with Crippen LogP contribution in [0.15, 0.2) is 23.7 Å². The van der Waals surface area contributed by atoms with Gasteiger partial charge in [-0.1, -0.05) is 11.6 Å². The fourth-order valence-electron chi connectivity index (χ4n) is 1.24. The molecule has 88 valence electrons. The minimum atomic E-state index is -1.05. The van der Waals surface area contributed by atoms with Crippen molar-refractivity contribution < 1.29 is 9.90 Å². The van der Waals surface area contributed by atoms with Crippen molar-refractivity contribution in [3.8, 4) is 0 Å². The van der Waals surface area contributed by atoms with E-state index in [-0.39, 0.29) is 16.5 Å². The highest BCUT2D eigenvalue weighted by atomic mass is 35.5.